The van der Waals surface area contributed by atoms with Crippen molar-refractivity contribution in [2.24, 2.45) is 7.05 Å². The first-order valence-corrected chi connectivity index (χ1v) is 11.1. The predicted molar refractivity (Wildman–Crippen MR) is 100 cm³/mol. The molecule has 3 heterocycles. The number of cyclic esters (lactones) is 1. The summed E-state index contributed by atoms with van der Waals surface area (Å²) < 4.78 is 34.4. The van der Waals surface area contributed by atoms with Crippen molar-refractivity contribution >= 4 is 30.9 Å². The second kappa shape index (κ2) is 11.8. The van der Waals surface area contributed by atoms with Gasteiger partial charge in [0.2, 0.25) is 0 Å². The zero-order chi connectivity index (χ0) is 22.2. The van der Waals surface area contributed by atoms with Crippen molar-refractivity contribution in [3.05, 3.63) is 41.0 Å². The van der Waals surface area contributed by atoms with E-state index in [-0.39, 0.29) is 71.3 Å². The number of amides is 1. The van der Waals surface area contributed by atoms with E-state index in [1.165, 1.54) is 34.5 Å². The van der Waals surface area contributed by atoms with E-state index in [0.29, 0.717) is 27.7 Å². The fourth-order valence-electron chi connectivity index (χ4n) is 2.91. The molecule has 0 aliphatic carbocycles. The van der Waals surface area contributed by atoms with E-state index >= 15 is 0 Å². The van der Waals surface area contributed by atoms with Gasteiger partial charge in [-0.1, -0.05) is 0 Å². The van der Waals surface area contributed by atoms with Crippen molar-refractivity contribution in [2.45, 2.75) is 12.5 Å². The van der Waals surface area contributed by atoms with Crippen LogP contribution in [0.25, 0.3) is 10.4 Å². The Morgan fingerprint density at radius 2 is 2.12 bits per heavy atom. The van der Waals surface area contributed by atoms with Crippen molar-refractivity contribution in [2.75, 3.05) is 18.1 Å². The molecule has 0 bridgehead atoms. The maximum atomic E-state index is 14.8. The molecule has 1 atom stereocenters. The summed E-state index contributed by atoms with van der Waals surface area (Å²) in [5.74, 6) is -0.0861. The van der Waals surface area contributed by atoms with Gasteiger partial charge < -0.3 is 23.6 Å². The smallest absolute Gasteiger partial charge is 0.790 e. The molecule has 1 aliphatic rings. The Labute approximate surface area is 235 Å². The van der Waals surface area contributed by atoms with Crippen molar-refractivity contribution < 1.29 is 91.9 Å². The van der Waals surface area contributed by atoms with Crippen molar-refractivity contribution in [1.82, 2.24) is 25.2 Å². The Kier molecular flexibility index (Phi) is 10.2. The molecular formula is C16H14FN6Na2O6PS. The summed E-state index contributed by atoms with van der Waals surface area (Å²) in [7, 11) is -3.53. The van der Waals surface area contributed by atoms with E-state index in [0.717, 1.165) is 11.0 Å². The van der Waals surface area contributed by atoms with Crippen LogP contribution < -0.4 is 73.8 Å². The molecule has 1 fully saturated rings. The molecule has 1 amide bonds. The monoisotopic (exact) mass is 514 g/mol. The van der Waals surface area contributed by atoms with Gasteiger partial charge in [0, 0.05) is 11.8 Å². The minimum absolute atomic E-state index is 0. The van der Waals surface area contributed by atoms with Gasteiger partial charge in [0.1, 0.15) is 16.9 Å². The zero-order valence-electron chi connectivity index (χ0n) is 17.9. The number of anilines is 1. The second-order valence-electron chi connectivity index (χ2n) is 6.51. The molecule has 12 nitrogen and oxygen atoms in total. The summed E-state index contributed by atoms with van der Waals surface area (Å²) in [6.45, 7) is -0.690. The molecule has 1 aliphatic heterocycles. The number of ether oxygens (including phenoxy) is 1. The first-order valence-electron chi connectivity index (χ1n) is 8.80. The van der Waals surface area contributed by atoms with Crippen LogP contribution in [0.5, 0.6) is 0 Å². The molecule has 4 rings (SSSR count). The average Bonchev–Trinajstić information content (AvgIpc) is 3.40. The normalized spacial score (nSPS) is 15.7. The molecule has 17 heteroatoms. The van der Waals surface area contributed by atoms with Gasteiger partial charge in [-0.15, -0.1) is 21.5 Å². The van der Waals surface area contributed by atoms with Gasteiger partial charge in [-0.2, -0.15) is 4.80 Å². The number of phosphoric ester groups is 1. The molecule has 0 N–H and O–H groups in total. The number of aromatic nitrogens is 5. The number of tetrazole rings is 1. The van der Waals surface area contributed by atoms with Crippen LogP contribution in [0.3, 0.4) is 0 Å². The fourth-order valence-corrected chi connectivity index (χ4v) is 4.20. The third-order valence-electron chi connectivity index (χ3n) is 4.24. The molecule has 33 heavy (non-hydrogen) atoms. The quantitative estimate of drug-likeness (QED) is 0.220. The number of rotatable bonds is 7. The van der Waals surface area contributed by atoms with Crippen molar-refractivity contribution in [3.8, 4) is 10.4 Å². The maximum absolute atomic E-state index is 14.8. The van der Waals surface area contributed by atoms with Crippen molar-refractivity contribution in [3.63, 3.8) is 0 Å². The zero-order valence-corrected chi connectivity index (χ0v) is 23.6. The van der Waals surface area contributed by atoms with E-state index in [4.69, 9.17) is 4.74 Å². The van der Waals surface area contributed by atoms with Gasteiger partial charge in [-0.25, -0.2) is 14.2 Å². The third-order valence-corrected chi connectivity index (χ3v) is 5.73. The Hall–Kier alpha value is -0.770. The number of carbonyl (C=O) groups is 1. The van der Waals surface area contributed by atoms with Crippen LogP contribution in [0.4, 0.5) is 14.9 Å². The largest absolute Gasteiger partial charge is 1.00 e. The molecule has 164 valence electrons. The topological polar surface area (TPSA) is 158 Å². The molecule has 1 aromatic carbocycles. The summed E-state index contributed by atoms with van der Waals surface area (Å²) >= 11 is 1.28. The minimum atomic E-state index is -5.18. The van der Waals surface area contributed by atoms with Gasteiger partial charge in [0.15, 0.2) is 5.82 Å². The Morgan fingerprint density at radius 1 is 1.36 bits per heavy atom. The van der Waals surface area contributed by atoms with E-state index < -0.39 is 32.4 Å². The molecule has 0 unspecified atom stereocenters. The number of halogens is 1. The standard InChI is InChI=1S/C16H16FN6O6PS.2Na/c1-22-20-14(19-21-22)5-15-18-6-13(31-15)11-3-2-9(4-12(11)17)23-7-10(29-16(23)24)8-28-30(25,26)27;;/h2-4,6,10H,5,7-8H2,1H3,(H2,25,26,27);;/q;2*+1/p-2/t10-;;/m1../s1. The summed E-state index contributed by atoms with van der Waals surface area (Å²) in [4.78, 5) is 40.5. The Morgan fingerprint density at radius 3 is 2.76 bits per heavy atom. The van der Waals surface area contributed by atoms with Gasteiger partial charge in [0.25, 0.3) is 0 Å². The molecule has 1 saturated heterocycles. The van der Waals surface area contributed by atoms with E-state index in [2.05, 4.69) is 24.9 Å². The molecular weight excluding hydrogens is 500 g/mol. The van der Waals surface area contributed by atoms with Gasteiger partial charge in [-0.3, -0.25) is 4.90 Å². The van der Waals surface area contributed by atoms with Gasteiger partial charge >= 0.3 is 65.2 Å². The SMILES string of the molecule is Cn1nnc(Cc2ncc(-c3ccc(N4C[C@H](COP(=O)([O-])[O-])OC4=O)cc3F)s2)n1.[Na+].[Na+]. The number of benzene rings is 1. The second-order valence-corrected chi connectivity index (χ2v) is 8.78. The minimum Gasteiger partial charge on any atom is -0.790 e. The predicted octanol–water partition coefficient (Wildman–Crippen LogP) is -5.76. The number of thiazole rings is 1. The molecule has 0 radical (unpaired) electrons. The van der Waals surface area contributed by atoms with Crippen LogP contribution in [-0.4, -0.2) is 50.5 Å². The number of hydrogen-bond donors (Lipinski definition) is 0. The molecule has 3 aromatic rings. The van der Waals surface area contributed by atoms with Crippen LogP contribution in [0.2, 0.25) is 0 Å². The molecule has 0 saturated carbocycles. The summed E-state index contributed by atoms with van der Waals surface area (Å²) in [6, 6.07) is 4.19. The Balaban J connectivity index is 0.00000193. The van der Waals surface area contributed by atoms with E-state index in [1.54, 1.807) is 7.05 Å². The first-order chi connectivity index (χ1) is 14.7. The number of hydrogen-bond acceptors (Lipinski definition) is 11. The van der Waals surface area contributed by atoms with Crippen LogP contribution in [0, 0.1) is 5.82 Å². The number of carbonyl (C=O) groups excluding carboxylic acids is 1. The van der Waals surface area contributed by atoms with E-state index in [1.807, 2.05) is 0 Å². The van der Waals surface area contributed by atoms with Crippen LogP contribution in [0.15, 0.2) is 24.4 Å². The van der Waals surface area contributed by atoms with Crippen molar-refractivity contribution in [1.29, 1.82) is 0 Å². The molecule has 2 aromatic heterocycles. The van der Waals surface area contributed by atoms with Crippen LogP contribution in [0.1, 0.15) is 10.8 Å². The van der Waals surface area contributed by atoms with Gasteiger partial charge in [0.05, 0.1) is 45.0 Å². The Bertz CT molecular complexity index is 1180. The van der Waals surface area contributed by atoms with Crippen LogP contribution in [-0.2, 0) is 27.3 Å². The maximum Gasteiger partial charge on any atom is 1.00 e. The number of aryl methyl sites for hydroxylation is 1. The first kappa shape index (κ1) is 28.5. The molecule has 0 spiro atoms. The summed E-state index contributed by atoms with van der Waals surface area (Å²) in [5, 5.41) is 12.4. The van der Waals surface area contributed by atoms with Gasteiger partial charge in [-0.05, 0) is 23.4 Å². The average molecular weight is 514 g/mol. The number of nitrogens with zero attached hydrogens (tertiary/aromatic N) is 6. The summed E-state index contributed by atoms with van der Waals surface area (Å²) in [6.07, 6.45) is 0.131. The number of phosphoric acid groups is 1. The fraction of sp³-hybridized carbons (Fsp3) is 0.312. The third kappa shape index (κ3) is 7.36. The van der Waals surface area contributed by atoms with Crippen LogP contribution >= 0.6 is 19.2 Å². The summed E-state index contributed by atoms with van der Waals surface area (Å²) in [5.41, 5.74) is 0.514. The van der Waals surface area contributed by atoms with E-state index in [9.17, 15) is 23.5 Å².